The Hall–Kier alpha value is -2.01. The molecule has 19 heavy (non-hydrogen) atoms. The van der Waals surface area contributed by atoms with Gasteiger partial charge in [0.05, 0.1) is 18.3 Å². The molecule has 0 atom stereocenters. The van der Waals surface area contributed by atoms with E-state index in [9.17, 15) is 5.11 Å². The summed E-state index contributed by atoms with van der Waals surface area (Å²) in [6.45, 7) is 4.00. The van der Waals surface area contributed by atoms with Crippen LogP contribution in [0.25, 0.3) is 21.0 Å². The number of hydrogen-bond donors (Lipinski definition) is 2. The van der Waals surface area contributed by atoms with E-state index in [2.05, 4.69) is 4.98 Å². The SMILES string of the molecule is CC.COc1cc2ncc3c(N)csc3c2cc1O. The number of hydrogen-bond acceptors (Lipinski definition) is 5. The van der Waals surface area contributed by atoms with E-state index in [1.165, 1.54) is 7.11 Å². The van der Waals surface area contributed by atoms with Crippen LogP contribution >= 0.6 is 11.3 Å². The fraction of sp³-hybridized carbons (Fsp3) is 0.214. The fourth-order valence-electron chi connectivity index (χ4n) is 1.87. The predicted molar refractivity (Wildman–Crippen MR) is 81.1 cm³/mol. The van der Waals surface area contributed by atoms with E-state index in [1.54, 1.807) is 29.7 Å². The Labute approximate surface area is 115 Å². The number of thiophene rings is 1. The lowest BCUT2D eigenvalue weighted by atomic mass is 10.1. The maximum atomic E-state index is 9.80. The van der Waals surface area contributed by atoms with Gasteiger partial charge in [0.25, 0.3) is 0 Å². The molecule has 3 N–H and O–H groups in total. The first-order valence-corrected chi connectivity index (χ1v) is 6.91. The van der Waals surface area contributed by atoms with Crippen LogP contribution in [0, 0.1) is 0 Å². The van der Waals surface area contributed by atoms with Crippen LogP contribution in [0.5, 0.6) is 11.5 Å². The van der Waals surface area contributed by atoms with Crippen molar-refractivity contribution in [3.8, 4) is 11.5 Å². The van der Waals surface area contributed by atoms with E-state index in [4.69, 9.17) is 10.5 Å². The number of methoxy groups -OCH3 is 1. The minimum atomic E-state index is 0.112. The van der Waals surface area contributed by atoms with Gasteiger partial charge in [-0.25, -0.2) is 0 Å². The average Bonchev–Trinajstić information content (AvgIpc) is 2.82. The lowest BCUT2D eigenvalue weighted by molar-refractivity contribution is 0.374. The van der Waals surface area contributed by atoms with Gasteiger partial charge in [-0.05, 0) is 6.07 Å². The molecular formula is C14H16N2O2S. The number of anilines is 1. The van der Waals surface area contributed by atoms with Gasteiger partial charge in [0.1, 0.15) is 0 Å². The molecule has 0 unspecified atom stereocenters. The third kappa shape index (κ3) is 2.17. The molecule has 0 saturated heterocycles. The van der Waals surface area contributed by atoms with Gasteiger partial charge in [-0.2, -0.15) is 0 Å². The molecule has 0 saturated carbocycles. The molecule has 0 fully saturated rings. The molecule has 4 nitrogen and oxygen atoms in total. The number of fused-ring (bicyclic) bond motifs is 3. The Morgan fingerprint density at radius 3 is 2.68 bits per heavy atom. The van der Waals surface area contributed by atoms with Crippen molar-refractivity contribution in [3.05, 3.63) is 23.7 Å². The van der Waals surface area contributed by atoms with Crippen molar-refractivity contribution in [1.82, 2.24) is 4.98 Å². The second kappa shape index (κ2) is 5.32. The third-order valence-electron chi connectivity index (χ3n) is 2.73. The lowest BCUT2D eigenvalue weighted by Crippen LogP contribution is -1.87. The first-order valence-electron chi connectivity index (χ1n) is 6.03. The quantitative estimate of drug-likeness (QED) is 0.710. The molecule has 0 aliphatic carbocycles. The highest BCUT2D eigenvalue weighted by atomic mass is 32.1. The molecule has 1 aromatic carbocycles. The van der Waals surface area contributed by atoms with Gasteiger partial charge in [-0.1, -0.05) is 13.8 Å². The predicted octanol–water partition coefficient (Wildman–Crippen LogP) is 3.77. The second-order valence-electron chi connectivity index (χ2n) is 3.73. The van der Waals surface area contributed by atoms with Crippen LogP contribution in [-0.2, 0) is 0 Å². The summed E-state index contributed by atoms with van der Waals surface area (Å²) >= 11 is 1.55. The highest BCUT2D eigenvalue weighted by molar-refractivity contribution is 7.18. The first kappa shape index (κ1) is 13.4. The number of pyridine rings is 1. The number of aromatic hydroxyl groups is 1. The van der Waals surface area contributed by atoms with Crippen molar-refractivity contribution in [2.24, 2.45) is 0 Å². The van der Waals surface area contributed by atoms with E-state index >= 15 is 0 Å². The van der Waals surface area contributed by atoms with E-state index in [0.717, 1.165) is 26.7 Å². The molecular weight excluding hydrogens is 260 g/mol. The summed E-state index contributed by atoms with van der Waals surface area (Å²) < 4.78 is 6.09. The van der Waals surface area contributed by atoms with E-state index in [1.807, 2.05) is 19.2 Å². The number of nitrogen functional groups attached to an aromatic ring is 1. The van der Waals surface area contributed by atoms with E-state index < -0.39 is 0 Å². The topological polar surface area (TPSA) is 68.4 Å². The zero-order valence-electron chi connectivity index (χ0n) is 11.1. The Morgan fingerprint density at radius 2 is 2.00 bits per heavy atom. The Morgan fingerprint density at radius 1 is 1.26 bits per heavy atom. The molecule has 0 radical (unpaired) electrons. The number of phenols is 1. The van der Waals surface area contributed by atoms with Crippen LogP contribution < -0.4 is 10.5 Å². The van der Waals surface area contributed by atoms with Gasteiger partial charge < -0.3 is 15.6 Å². The minimum Gasteiger partial charge on any atom is -0.504 e. The maximum Gasteiger partial charge on any atom is 0.162 e. The zero-order chi connectivity index (χ0) is 14.0. The fourth-order valence-corrected chi connectivity index (χ4v) is 2.83. The Kier molecular flexibility index (Phi) is 3.76. The summed E-state index contributed by atoms with van der Waals surface area (Å²) in [5.74, 6) is 0.537. The lowest BCUT2D eigenvalue weighted by Gasteiger charge is -2.05. The Balaban J connectivity index is 0.000000637. The standard InChI is InChI=1S/C12H10N2O2S.C2H6/c1-16-11-3-9-6(2-10(11)15)12-7(4-14-9)8(13)5-17-12;1-2/h2-5,15H,13H2,1H3;1-2H3. The number of phenolic OH excluding ortho intramolecular Hbond substituents is 1. The monoisotopic (exact) mass is 276 g/mol. The smallest absolute Gasteiger partial charge is 0.162 e. The van der Waals surface area contributed by atoms with E-state index in [-0.39, 0.29) is 5.75 Å². The van der Waals surface area contributed by atoms with Crippen LogP contribution in [0.2, 0.25) is 0 Å². The molecule has 3 rings (SSSR count). The molecule has 2 heterocycles. The van der Waals surface area contributed by atoms with Crippen molar-refractivity contribution in [3.63, 3.8) is 0 Å². The van der Waals surface area contributed by atoms with Crippen LogP contribution in [-0.4, -0.2) is 17.2 Å². The van der Waals surface area contributed by atoms with Crippen LogP contribution in [0.1, 0.15) is 13.8 Å². The molecule has 0 spiro atoms. The van der Waals surface area contributed by atoms with Gasteiger partial charge in [0.2, 0.25) is 0 Å². The number of benzene rings is 1. The van der Waals surface area contributed by atoms with Crippen molar-refractivity contribution >= 4 is 38.0 Å². The van der Waals surface area contributed by atoms with Crippen LogP contribution in [0.3, 0.4) is 0 Å². The summed E-state index contributed by atoms with van der Waals surface area (Å²) in [6, 6.07) is 3.39. The average molecular weight is 276 g/mol. The summed E-state index contributed by atoms with van der Waals surface area (Å²) in [6.07, 6.45) is 1.75. The summed E-state index contributed by atoms with van der Waals surface area (Å²) in [5, 5.41) is 13.5. The van der Waals surface area contributed by atoms with Crippen molar-refractivity contribution in [2.45, 2.75) is 13.8 Å². The molecule has 0 bridgehead atoms. The highest BCUT2D eigenvalue weighted by Crippen LogP contribution is 2.37. The molecule has 0 aliphatic heterocycles. The second-order valence-corrected chi connectivity index (χ2v) is 4.61. The first-order chi connectivity index (χ1) is 9.20. The number of ether oxygens (including phenoxy) is 1. The van der Waals surface area contributed by atoms with Crippen LogP contribution in [0.4, 0.5) is 5.69 Å². The molecule has 5 heteroatoms. The Bertz CT molecular complexity index is 722. The van der Waals surface area contributed by atoms with Gasteiger partial charge >= 0.3 is 0 Å². The molecule has 0 aliphatic rings. The van der Waals surface area contributed by atoms with Crippen molar-refractivity contribution in [2.75, 3.05) is 12.8 Å². The van der Waals surface area contributed by atoms with Gasteiger partial charge in [0, 0.05) is 33.1 Å². The van der Waals surface area contributed by atoms with Gasteiger partial charge in [-0.3, -0.25) is 4.98 Å². The highest BCUT2D eigenvalue weighted by Gasteiger charge is 2.10. The molecule has 100 valence electrons. The summed E-state index contributed by atoms with van der Waals surface area (Å²) in [5.41, 5.74) is 7.35. The minimum absolute atomic E-state index is 0.112. The third-order valence-corrected chi connectivity index (χ3v) is 3.78. The van der Waals surface area contributed by atoms with Crippen LogP contribution in [0.15, 0.2) is 23.7 Å². The summed E-state index contributed by atoms with van der Waals surface area (Å²) in [4.78, 5) is 4.33. The summed E-state index contributed by atoms with van der Waals surface area (Å²) in [7, 11) is 1.52. The molecule has 0 amide bonds. The van der Waals surface area contributed by atoms with Gasteiger partial charge in [-0.15, -0.1) is 11.3 Å². The largest absolute Gasteiger partial charge is 0.504 e. The van der Waals surface area contributed by atoms with E-state index in [0.29, 0.717) is 5.75 Å². The number of rotatable bonds is 1. The van der Waals surface area contributed by atoms with Crippen molar-refractivity contribution < 1.29 is 9.84 Å². The maximum absolute atomic E-state index is 9.80. The van der Waals surface area contributed by atoms with Gasteiger partial charge in [0.15, 0.2) is 11.5 Å². The molecule has 3 aromatic rings. The molecule has 2 aromatic heterocycles. The normalized spacial score (nSPS) is 10.3. The number of aromatic nitrogens is 1. The van der Waals surface area contributed by atoms with Crippen molar-refractivity contribution in [1.29, 1.82) is 0 Å². The number of nitrogens with zero attached hydrogens (tertiary/aromatic N) is 1. The zero-order valence-corrected chi connectivity index (χ0v) is 11.9. The number of nitrogens with two attached hydrogens (primary N) is 1.